The summed E-state index contributed by atoms with van der Waals surface area (Å²) in [7, 11) is 0. The first-order valence-corrected chi connectivity index (χ1v) is 12.9. The van der Waals surface area contributed by atoms with Crippen molar-refractivity contribution in [3.63, 3.8) is 0 Å². The van der Waals surface area contributed by atoms with Crippen molar-refractivity contribution in [3.8, 4) is 0 Å². The van der Waals surface area contributed by atoms with Gasteiger partial charge in [-0.1, -0.05) is 48.5 Å². The third-order valence-electron chi connectivity index (χ3n) is 6.49. The van der Waals surface area contributed by atoms with Crippen molar-refractivity contribution >= 4 is 40.5 Å². The number of carboxylic acid groups (broad SMARTS) is 1. The zero-order valence-electron chi connectivity index (χ0n) is 22.4. The van der Waals surface area contributed by atoms with Gasteiger partial charge in [-0.3, -0.25) is 19.2 Å². The van der Waals surface area contributed by atoms with Crippen LogP contribution in [0.5, 0.6) is 0 Å². The van der Waals surface area contributed by atoms with Gasteiger partial charge in [-0.05, 0) is 24.1 Å². The predicted octanol–water partition coefficient (Wildman–Crippen LogP) is -0.924. The molecule has 0 fully saturated rings. The fourth-order valence-electron chi connectivity index (χ4n) is 4.22. The van der Waals surface area contributed by atoms with Crippen molar-refractivity contribution < 1.29 is 34.2 Å². The Kier molecular flexibility index (Phi) is 10.6. The SMILES string of the molecule is CC(O)C(N)C(=O)NC(Cc1c[nH]c2ccccc12)C(=O)NC(Cc1ccccc1)C(=O)NC(CC(N)=O)C(=O)O. The standard InChI is InChI=1S/C28H34N6O7/c1-15(35)24(30)27(39)33-21(12-17-14-31-19-10-6-5-9-18(17)19)26(38)32-20(11-16-7-3-2-4-8-16)25(37)34-22(28(40)41)13-23(29)36/h2-10,14-15,20-22,24,31,35H,11-13,30H2,1H3,(H2,29,36)(H,32,38)(H,33,39)(H,34,37)(H,40,41). The van der Waals surface area contributed by atoms with E-state index in [0.717, 1.165) is 10.9 Å². The number of H-pyrrole nitrogens is 1. The zero-order chi connectivity index (χ0) is 30.1. The summed E-state index contributed by atoms with van der Waals surface area (Å²) in [4.78, 5) is 65.7. The van der Waals surface area contributed by atoms with Crippen molar-refractivity contribution in [2.75, 3.05) is 0 Å². The maximum absolute atomic E-state index is 13.6. The van der Waals surface area contributed by atoms with E-state index in [1.165, 1.54) is 6.92 Å². The summed E-state index contributed by atoms with van der Waals surface area (Å²) in [5.41, 5.74) is 13.1. The zero-order valence-corrected chi connectivity index (χ0v) is 22.4. The van der Waals surface area contributed by atoms with Gasteiger partial charge in [0.1, 0.15) is 24.2 Å². The van der Waals surface area contributed by atoms with Crippen LogP contribution in [0.2, 0.25) is 0 Å². The fraction of sp³-hybridized carbons (Fsp3) is 0.321. The van der Waals surface area contributed by atoms with Crippen LogP contribution in [0.15, 0.2) is 60.8 Å². The van der Waals surface area contributed by atoms with Gasteiger partial charge >= 0.3 is 5.97 Å². The van der Waals surface area contributed by atoms with E-state index < -0.39 is 66.3 Å². The monoisotopic (exact) mass is 566 g/mol. The van der Waals surface area contributed by atoms with Gasteiger partial charge in [-0.15, -0.1) is 0 Å². The molecule has 41 heavy (non-hydrogen) atoms. The summed E-state index contributed by atoms with van der Waals surface area (Å²) < 4.78 is 0. The first-order chi connectivity index (χ1) is 19.5. The second-order valence-corrected chi connectivity index (χ2v) is 9.71. The average Bonchev–Trinajstić information content (AvgIpc) is 3.34. The minimum Gasteiger partial charge on any atom is -0.480 e. The van der Waals surface area contributed by atoms with Gasteiger partial charge in [-0.25, -0.2) is 4.79 Å². The van der Waals surface area contributed by atoms with E-state index in [2.05, 4.69) is 20.9 Å². The number of hydrogen-bond acceptors (Lipinski definition) is 7. The minimum absolute atomic E-state index is 0.00716. The molecule has 1 heterocycles. The summed E-state index contributed by atoms with van der Waals surface area (Å²) in [6, 6.07) is 10.6. The summed E-state index contributed by atoms with van der Waals surface area (Å²) in [5.74, 6) is -4.81. The van der Waals surface area contributed by atoms with Crippen molar-refractivity contribution in [2.45, 2.75) is 56.5 Å². The van der Waals surface area contributed by atoms with Crippen molar-refractivity contribution in [1.29, 1.82) is 0 Å². The average molecular weight is 567 g/mol. The lowest BCUT2D eigenvalue weighted by molar-refractivity contribution is -0.143. The molecule has 0 saturated heterocycles. The maximum atomic E-state index is 13.6. The quantitative estimate of drug-likeness (QED) is 0.121. The number of aromatic amines is 1. The van der Waals surface area contributed by atoms with E-state index >= 15 is 0 Å². The Morgan fingerprint density at radius 3 is 2.00 bits per heavy atom. The number of rotatable bonds is 14. The van der Waals surface area contributed by atoms with Crippen molar-refractivity contribution in [3.05, 3.63) is 71.9 Å². The Balaban J connectivity index is 1.90. The highest BCUT2D eigenvalue weighted by Crippen LogP contribution is 2.19. The number of aliphatic carboxylic acids is 1. The van der Waals surface area contributed by atoms with Gasteiger partial charge < -0.3 is 42.6 Å². The van der Waals surface area contributed by atoms with E-state index in [1.54, 1.807) is 36.5 Å². The van der Waals surface area contributed by atoms with Gasteiger partial charge in [-0.2, -0.15) is 0 Å². The highest BCUT2D eigenvalue weighted by molar-refractivity contribution is 5.95. The lowest BCUT2D eigenvalue weighted by atomic mass is 10.0. The molecule has 13 heteroatoms. The van der Waals surface area contributed by atoms with Crippen LogP contribution in [0.25, 0.3) is 10.9 Å². The van der Waals surface area contributed by atoms with Gasteiger partial charge in [0.25, 0.3) is 0 Å². The number of aliphatic hydroxyl groups is 1. The lowest BCUT2D eigenvalue weighted by Gasteiger charge is -2.25. The number of aromatic nitrogens is 1. The number of primary amides is 1. The number of nitrogens with two attached hydrogens (primary N) is 2. The molecule has 0 aliphatic heterocycles. The van der Waals surface area contributed by atoms with Crippen molar-refractivity contribution in [2.24, 2.45) is 11.5 Å². The number of amides is 4. The molecule has 1 aromatic heterocycles. The third-order valence-corrected chi connectivity index (χ3v) is 6.49. The molecule has 2 aromatic carbocycles. The molecule has 0 spiro atoms. The number of aliphatic hydroxyl groups excluding tert-OH is 1. The molecule has 0 aliphatic rings. The van der Waals surface area contributed by atoms with Crippen LogP contribution in [0.3, 0.4) is 0 Å². The van der Waals surface area contributed by atoms with Crippen LogP contribution >= 0.6 is 0 Å². The molecular weight excluding hydrogens is 532 g/mol. The van der Waals surface area contributed by atoms with Crippen LogP contribution in [-0.2, 0) is 36.8 Å². The van der Waals surface area contributed by atoms with Crippen LogP contribution in [0.4, 0.5) is 0 Å². The fourth-order valence-corrected chi connectivity index (χ4v) is 4.22. The van der Waals surface area contributed by atoms with Gasteiger partial charge in [0, 0.05) is 29.9 Å². The van der Waals surface area contributed by atoms with Crippen LogP contribution in [-0.4, -0.2) is 75.1 Å². The number of carbonyl (C=O) groups is 5. The Morgan fingerprint density at radius 2 is 1.39 bits per heavy atom. The predicted molar refractivity (Wildman–Crippen MR) is 149 cm³/mol. The van der Waals surface area contributed by atoms with Gasteiger partial charge in [0.2, 0.25) is 23.6 Å². The third kappa shape index (κ3) is 8.62. The second kappa shape index (κ2) is 14.1. The van der Waals surface area contributed by atoms with Crippen LogP contribution in [0, 0.1) is 0 Å². The number of carboxylic acids is 1. The van der Waals surface area contributed by atoms with Gasteiger partial charge in [0.15, 0.2) is 0 Å². The molecular formula is C28H34N6O7. The Hall–Kier alpha value is -4.75. The Labute approximate surface area is 235 Å². The molecule has 0 bridgehead atoms. The van der Waals surface area contributed by atoms with Crippen LogP contribution < -0.4 is 27.4 Å². The van der Waals surface area contributed by atoms with E-state index in [4.69, 9.17) is 11.5 Å². The first kappa shape index (κ1) is 30.8. The molecule has 5 unspecified atom stereocenters. The second-order valence-electron chi connectivity index (χ2n) is 9.71. The molecule has 0 saturated carbocycles. The highest BCUT2D eigenvalue weighted by Gasteiger charge is 2.32. The molecule has 10 N–H and O–H groups in total. The number of nitrogens with one attached hydrogen (secondary N) is 4. The molecule has 13 nitrogen and oxygen atoms in total. The van der Waals surface area contributed by atoms with Crippen LogP contribution in [0.1, 0.15) is 24.5 Å². The molecule has 3 aromatic rings. The smallest absolute Gasteiger partial charge is 0.326 e. The lowest BCUT2D eigenvalue weighted by Crippen LogP contribution is -2.59. The number of carbonyl (C=O) groups excluding carboxylic acids is 4. The number of para-hydroxylation sites is 1. The van der Waals surface area contributed by atoms with E-state index in [-0.39, 0.29) is 12.8 Å². The molecule has 4 amide bonds. The highest BCUT2D eigenvalue weighted by atomic mass is 16.4. The molecule has 0 aliphatic carbocycles. The van der Waals surface area contributed by atoms with Crippen molar-refractivity contribution in [1.82, 2.24) is 20.9 Å². The number of hydrogen-bond donors (Lipinski definition) is 8. The van der Waals surface area contributed by atoms with E-state index in [1.807, 2.05) is 24.3 Å². The molecule has 218 valence electrons. The number of benzene rings is 2. The minimum atomic E-state index is -1.61. The summed E-state index contributed by atoms with van der Waals surface area (Å²) in [6.07, 6.45) is -0.165. The Morgan fingerprint density at radius 1 is 0.829 bits per heavy atom. The Bertz CT molecular complexity index is 1390. The topological polar surface area (TPSA) is 230 Å². The number of fused-ring (bicyclic) bond motifs is 1. The molecule has 5 atom stereocenters. The molecule has 0 radical (unpaired) electrons. The summed E-state index contributed by atoms with van der Waals surface area (Å²) in [5, 5.41) is 27.5. The van der Waals surface area contributed by atoms with E-state index in [9.17, 15) is 34.2 Å². The largest absolute Gasteiger partial charge is 0.480 e. The van der Waals surface area contributed by atoms with E-state index in [0.29, 0.717) is 11.1 Å². The molecule has 3 rings (SSSR count). The maximum Gasteiger partial charge on any atom is 0.326 e. The summed E-state index contributed by atoms with van der Waals surface area (Å²) in [6.45, 7) is 1.34. The first-order valence-electron chi connectivity index (χ1n) is 12.9. The normalized spacial score (nSPS) is 14.7. The summed E-state index contributed by atoms with van der Waals surface area (Å²) >= 11 is 0. The van der Waals surface area contributed by atoms with Gasteiger partial charge in [0.05, 0.1) is 12.5 Å².